The van der Waals surface area contributed by atoms with E-state index in [9.17, 15) is 9.59 Å². The molecule has 2 aliphatic rings. The van der Waals surface area contributed by atoms with Gasteiger partial charge in [0.05, 0.1) is 5.56 Å². The molecule has 0 saturated carbocycles. The third kappa shape index (κ3) is 3.65. The molecule has 1 aromatic heterocycles. The molecule has 2 aromatic rings. The molecule has 0 N–H and O–H groups in total. The molecule has 1 saturated heterocycles. The topological polar surface area (TPSA) is 49.9 Å². The number of thiophene rings is 1. The first-order valence-electron chi connectivity index (χ1n) is 9.77. The maximum absolute atomic E-state index is 12.7. The predicted octanol–water partition coefficient (Wildman–Crippen LogP) is 3.77. The smallest absolute Gasteiger partial charge is 0.254 e. The maximum atomic E-state index is 12.7. The van der Waals surface area contributed by atoms with E-state index in [4.69, 9.17) is 4.74 Å². The average molecular weight is 399 g/mol. The van der Waals surface area contributed by atoms with Gasteiger partial charge >= 0.3 is 0 Å². The number of benzene rings is 1. The highest BCUT2D eigenvalue weighted by molar-refractivity contribution is 7.08. The van der Waals surface area contributed by atoms with Crippen LogP contribution in [0.15, 0.2) is 41.1 Å². The summed E-state index contributed by atoms with van der Waals surface area (Å²) in [6.45, 7) is 1.37. The Bertz CT molecular complexity index is 854. The predicted molar refractivity (Wildman–Crippen MR) is 110 cm³/mol. The summed E-state index contributed by atoms with van der Waals surface area (Å²) in [6.07, 6.45) is 2.91. The third-order valence-corrected chi connectivity index (χ3v) is 6.64. The lowest BCUT2D eigenvalue weighted by Gasteiger charge is -2.47. The highest BCUT2D eigenvalue weighted by atomic mass is 32.1. The number of carbonyl (C=O) groups is 2. The zero-order chi connectivity index (χ0) is 19.7. The number of hydrogen-bond donors (Lipinski definition) is 0. The van der Waals surface area contributed by atoms with Gasteiger partial charge in [0.1, 0.15) is 11.4 Å². The molecule has 1 unspecified atom stereocenters. The number of ether oxygens (including phenoxy) is 1. The number of amides is 2. The van der Waals surface area contributed by atoms with Crippen LogP contribution in [0, 0.1) is 0 Å². The zero-order valence-electron chi connectivity index (χ0n) is 16.4. The van der Waals surface area contributed by atoms with E-state index in [1.807, 2.05) is 39.9 Å². The molecule has 2 aliphatic heterocycles. The minimum Gasteiger partial charge on any atom is -0.487 e. The lowest BCUT2D eigenvalue weighted by atomic mass is 9.76. The highest BCUT2D eigenvalue weighted by Crippen LogP contribution is 2.46. The molecule has 28 heavy (non-hydrogen) atoms. The van der Waals surface area contributed by atoms with E-state index < -0.39 is 0 Å². The van der Waals surface area contributed by atoms with Crippen LogP contribution in [0.1, 0.15) is 47.5 Å². The van der Waals surface area contributed by atoms with E-state index in [1.165, 1.54) is 0 Å². The first-order valence-corrected chi connectivity index (χ1v) is 10.7. The molecular formula is C22H26N2O3S. The summed E-state index contributed by atoms with van der Waals surface area (Å²) in [5, 5.41) is 3.84. The first-order chi connectivity index (χ1) is 13.5. The Kier molecular flexibility index (Phi) is 5.15. The highest BCUT2D eigenvalue weighted by Gasteiger charge is 2.44. The number of para-hydroxylation sites is 1. The molecule has 0 aliphatic carbocycles. The van der Waals surface area contributed by atoms with Gasteiger partial charge in [0.15, 0.2) is 0 Å². The van der Waals surface area contributed by atoms with Gasteiger partial charge in [-0.2, -0.15) is 11.3 Å². The van der Waals surface area contributed by atoms with Crippen molar-refractivity contribution in [3.63, 3.8) is 0 Å². The monoisotopic (exact) mass is 398 g/mol. The van der Waals surface area contributed by atoms with Crippen LogP contribution in [-0.2, 0) is 4.79 Å². The molecule has 148 valence electrons. The fourth-order valence-electron chi connectivity index (χ4n) is 4.31. The quantitative estimate of drug-likeness (QED) is 0.791. The number of likely N-dealkylation sites (tertiary alicyclic amines) is 1. The van der Waals surface area contributed by atoms with Crippen LogP contribution in [0.5, 0.6) is 5.75 Å². The second kappa shape index (κ2) is 7.59. The van der Waals surface area contributed by atoms with E-state index in [0.29, 0.717) is 19.5 Å². The Balaban J connectivity index is 1.51. The number of piperidine rings is 1. The largest absolute Gasteiger partial charge is 0.487 e. The van der Waals surface area contributed by atoms with Crippen LogP contribution in [0.2, 0.25) is 0 Å². The van der Waals surface area contributed by atoms with Gasteiger partial charge in [-0.1, -0.05) is 18.2 Å². The summed E-state index contributed by atoms with van der Waals surface area (Å²) < 4.78 is 6.49. The number of rotatable bonds is 3. The van der Waals surface area contributed by atoms with Crippen LogP contribution >= 0.6 is 11.3 Å². The van der Waals surface area contributed by atoms with Gasteiger partial charge < -0.3 is 14.5 Å². The summed E-state index contributed by atoms with van der Waals surface area (Å²) in [5.74, 6) is 1.29. The summed E-state index contributed by atoms with van der Waals surface area (Å²) in [5.41, 5.74) is 1.60. The van der Waals surface area contributed by atoms with Crippen molar-refractivity contribution in [2.45, 2.75) is 37.2 Å². The van der Waals surface area contributed by atoms with Gasteiger partial charge in [-0.15, -0.1) is 0 Å². The molecule has 0 radical (unpaired) electrons. The molecule has 5 nitrogen and oxygen atoms in total. The Hall–Kier alpha value is -2.34. The minimum atomic E-state index is -0.295. The molecule has 1 fully saturated rings. The van der Waals surface area contributed by atoms with Crippen LogP contribution in [-0.4, -0.2) is 54.4 Å². The normalized spacial score (nSPS) is 20.4. The van der Waals surface area contributed by atoms with E-state index in [0.717, 1.165) is 36.1 Å². The SMILES string of the molecule is CN(C)C(=O)CC1CC2(CCN(C(=O)c3ccsc3)CC2)Oc2ccccc21. The molecule has 4 rings (SSSR count). The number of carbonyl (C=O) groups excluding carboxylic acids is 2. The lowest BCUT2D eigenvalue weighted by Crippen LogP contribution is -2.52. The Morgan fingerprint density at radius 2 is 1.96 bits per heavy atom. The van der Waals surface area contributed by atoms with Crippen molar-refractivity contribution in [1.29, 1.82) is 0 Å². The van der Waals surface area contributed by atoms with E-state index >= 15 is 0 Å². The van der Waals surface area contributed by atoms with Gasteiger partial charge in [0.25, 0.3) is 5.91 Å². The van der Waals surface area contributed by atoms with E-state index in [1.54, 1.807) is 30.3 Å². The van der Waals surface area contributed by atoms with Gasteiger partial charge in [-0.25, -0.2) is 0 Å². The zero-order valence-corrected chi connectivity index (χ0v) is 17.2. The summed E-state index contributed by atoms with van der Waals surface area (Å²) in [7, 11) is 3.61. The number of hydrogen-bond acceptors (Lipinski definition) is 4. The van der Waals surface area contributed by atoms with Crippen LogP contribution < -0.4 is 4.74 Å². The van der Waals surface area contributed by atoms with Gasteiger partial charge in [-0.05, 0) is 29.5 Å². The van der Waals surface area contributed by atoms with Crippen molar-refractivity contribution < 1.29 is 14.3 Å². The molecule has 6 heteroatoms. The van der Waals surface area contributed by atoms with Crippen LogP contribution in [0.4, 0.5) is 0 Å². The molecule has 1 atom stereocenters. The molecule has 1 spiro atoms. The second-order valence-electron chi connectivity index (χ2n) is 8.02. The van der Waals surface area contributed by atoms with E-state index in [-0.39, 0.29) is 23.3 Å². The van der Waals surface area contributed by atoms with E-state index in [2.05, 4.69) is 6.07 Å². The van der Waals surface area contributed by atoms with Crippen LogP contribution in [0.25, 0.3) is 0 Å². The van der Waals surface area contributed by atoms with Gasteiger partial charge in [0, 0.05) is 57.7 Å². The van der Waals surface area contributed by atoms with Gasteiger partial charge in [0.2, 0.25) is 5.91 Å². The van der Waals surface area contributed by atoms with Crippen LogP contribution in [0.3, 0.4) is 0 Å². The molecule has 0 bridgehead atoms. The summed E-state index contributed by atoms with van der Waals surface area (Å²) in [6, 6.07) is 9.96. The molecule has 3 heterocycles. The lowest BCUT2D eigenvalue weighted by molar-refractivity contribution is -0.129. The third-order valence-electron chi connectivity index (χ3n) is 5.95. The second-order valence-corrected chi connectivity index (χ2v) is 8.80. The fourth-order valence-corrected chi connectivity index (χ4v) is 4.94. The van der Waals surface area contributed by atoms with Crippen molar-refractivity contribution in [3.8, 4) is 5.75 Å². The first kappa shape index (κ1) is 19.0. The molecule has 1 aromatic carbocycles. The number of nitrogens with zero attached hydrogens (tertiary/aromatic N) is 2. The van der Waals surface area contributed by atoms with Crippen molar-refractivity contribution in [2.75, 3.05) is 27.2 Å². The van der Waals surface area contributed by atoms with Crippen molar-refractivity contribution in [1.82, 2.24) is 9.80 Å². The Morgan fingerprint density at radius 3 is 2.64 bits per heavy atom. The standard InChI is InChI=1S/C22H26N2O3S/c1-23(2)20(25)13-17-14-22(27-19-6-4-3-5-18(17)19)8-10-24(11-9-22)21(26)16-7-12-28-15-16/h3-7,12,15,17H,8-11,13-14H2,1-2H3. The summed E-state index contributed by atoms with van der Waals surface area (Å²) >= 11 is 1.55. The molecule has 2 amide bonds. The minimum absolute atomic E-state index is 0.103. The molecular weight excluding hydrogens is 372 g/mol. The van der Waals surface area contributed by atoms with Crippen molar-refractivity contribution >= 4 is 23.2 Å². The fraction of sp³-hybridized carbons (Fsp3) is 0.455. The van der Waals surface area contributed by atoms with Crippen molar-refractivity contribution in [3.05, 3.63) is 52.2 Å². The number of fused-ring (bicyclic) bond motifs is 1. The van der Waals surface area contributed by atoms with Crippen molar-refractivity contribution in [2.24, 2.45) is 0 Å². The Labute approximate surface area is 169 Å². The Morgan fingerprint density at radius 1 is 1.21 bits per heavy atom. The maximum Gasteiger partial charge on any atom is 0.254 e. The summed E-state index contributed by atoms with van der Waals surface area (Å²) in [4.78, 5) is 28.6. The van der Waals surface area contributed by atoms with Gasteiger partial charge in [-0.3, -0.25) is 9.59 Å². The average Bonchev–Trinajstić information content (AvgIpc) is 3.23.